The molecule has 0 saturated heterocycles. The fourth-order valence-electron chi connectivity index (χ4n) is 4.44. The minimum atomic E-state index is -2.02. The Morgan fingerprint density at radius 3 is 1.34 bits per heavy atom. The minimum absolute atomic E-state index is 0.129. The molecule has 0 amide bonds. The van der Waals surface area contributed by atoms with E-state index in [0.29, 0.717) is 17.5 Å². The Morgan fingerprint density at radius 2 is 1.02 bits per heavy atom. The third kappa shape index (κ3) is 8.84. The van der Waals surface area contributed by atoms with E-state index in [1.165, 1.54) is 0 Å². The second-order valence-electron chi connectivity index (χ2n) is 9.70. The van der Waals surface area contributed by atoms with Crippen LogP contribution in [0.3, 0.4) is 0 Å². The number of unbranched alkanes of at least 4 members (excludes halogenated alkanes) is 3. The van der Waals surface area contributed by atoms with Gasteiger partial charge in [-0.15, -0.1) is 36.1 Å². The molecule has 0 aliphatic carbocycles. The number of carbonyl (C=O) groups is 2. The standard InChI is InChI=1S/C33H42O6Si2/c1-8-15-16-17-18-31(36-38-32(34)27-19-23-29(24-20-27)40(9-2,10-3)11-4)37-39-33(35)28-21-25-30(26-22-28)41(12-5,13-6)14-7/h9-10,12-13,19-26H,1-3,5-6,8,11,14-18H2,4,7H3. The van der Waals surface area contributed by atoms with Crippen molar-refractivity contribution in [2.24, 2.45) is 0 Å². The molecule has 41 heavy (non-hydrogen) atoms. The Kier molecular flexibility index (Phi) is 13.9. The highest BCUT2D eigenvalue weighted by Gasteiger charge is 2.28. The lowest BCUT2D eigenvalue weighted by atomic mass is 10.1. The van der Waals surface area contributed by atoms with Gasteiger partial charge >= 0.3 is 18.2 Å². The largest absolute Gasteiger partial charge is 0.373 e. The highest BCUT2D eigenvalue weighted by Crippen LogP contribution is 2.20. The molecule has 218 valence electrons. The first-order valence-corrected chi connectivity index (χ1v) is 18.7. The van der Waals surface area contributed by atoms with E-state index in [2.05, 4.69) is 47.1 Å². The van der Waals surface area contributed by atoms with Crippen molar-refractivity contribution in [3.8, 4) is 0 Å². The van der Waals surface area contributed by atoms with Crippen LogP contribution in [0.15, 0.2) is 97.6 Å². The van der Waals surface area contributed by atoms with Crippen molar-refractivity contribution < 1.29 is 29.1 Å². The maximum absolute atomic E-state index is 12.7. The molecule has 6 nitrogen and oxygen atoms in total. The summed E-state index contributed by atoms with van der Waals surface area (Å²) in [6.07, 6.45) is 3.38. The van der Waals surface area contributed by atoms with Crippen LogP contribution in [0.2, 0.25) is 12.1 Å². The molecule has 0 saturated carbocycles. The Bertz CT molecular complexity index is 1070. The molecule has 0 aliphatic heterocycles. The quantitative estimate of drug-likeness (QED) is 0.0753. The van der Waals surface area contributed by atoms with Crippen molar-refractivity contribution >= 4 is 38.5 Å². The van der Waals surface area contributed by atoms with Crippen molar-refractivity contribution in [2.75, 3.05) is 0 Å². The fourth-order valence-corrected chi connectivity index (χ4v) is 9.26. The molecule has 2 aromatic carbocycles. The van der Waals surface area contributed by atoms with Gasteiger partial charge in [0.15, 0.2) is 0 Å². The van der Waals surface area contributed by atoms with E-state index in [4.69, 9.17) is 19.6 Å². The van der Waals surface area contributed by atoms with Gasteiger partial charge in [0.05, 0.1) is 11.1 Å². The first-order chi connectivity index (χ1) is 19.8. The molecule has 0 unspecified atom stereocenters. The normalized spacial score (nSPS) is 11.5. The third-order valence-electron chi connectivity index (χ3n) is 7.49. The van der Waals surface area contributed by atoms with Crippen LogP contribution in [0.5, 0.6) is 0 Å². The van der Waals surface area contributed by atoms with Gasteiger partial charge in [-0.1, -0.05) is 97.5 Å². The lowest BCUT2D eigenvalue weighted by Crippen LogP contribution is -2.43. The zero-order chi connectivity index (χ0) is 30.3. The predicted molar refractivity (Wildman–Crippen MR) is 170 cm³/mol. The first-order valence-electron chi connectivity index (χ1n) is 14.0. The molecule has 0 atom stereocenters. The summed E-state index contributed by atoms with van der Waals surface area (Å²) >= 11 is 0. The third-order valence-corrected chi connectivity index (χ3v) is 15.6. The Labute approximate surface area is 247 Å². The van der Waals surface area contributed by atoms with E-state index < -0.39 is 28.1 Å². The van der Waals surface area contributed by atoms with Crippen LogP contribution in [0.25, 0.3) is 0 Å². The summed E-state index contributed by atoms with van der Waals surface area (Å²) in [6, 6.07) is 16.1. The SMILES string of the molecule is [CH2]CCCCC[C](OOC(=O)c1ccc([Si](C=C)(C=C)CC)cc1)OOC(=O)c1ccc([Si](C=C)(C=C)CC)cc1. The van der Waals surface area contributed by atoms with Crippen LogP contribution >= 0.6 is 0 Å². The number of rotatable bonds is 19. The average Bonchev–Trinajstić information content (AvgIpc) is 3.02. The minimum Gasteiger partial charge on any atom is -0.289 e. The van der Waals surface area contributed by atoms with Gasteiger partial charge in [-0.05, 0) is 42.8 Å². The van der Waals surface area contributed by atoms with Crippen LogP contribution in [0, 0.1) is 13.2 Å². The van der Waals surface area contributed by atoms with Gasteiger partial charge in [0, 0.05) is 6.42 Å². The summed E-state index contributed by atoms with van der Waals surface area (Å²) in [5, 5.41) is 2.19. The summed E-state index contributed by atoms with van der Waals surface area (Å²) in [5.41, 5.74) is 8.51. The summed E-state index contributed by atoms with van der Waals surface area (Å²) in [7, 11) is -4.03. The van der Waals surface area contributed by atoms with Crippen LogP contribution in [0.4, 0.5) is 0 Å². The van der Waals surface area contributed by atoms with Crippen molar-refractivity contribution in [2.45, 2.75) is 58.0 Å². The second kappa shape index (κ2) is 16.8. The molecule has 0 bridgehead atoms. The molecule has 0 aliphatic rings. The molecule has 0 N–H and O–H groups in total. The van der Waals surface area contributed by atoms with Crippen molar-refractivity contribution in [3.05, 3.63) is 122 Å². The molecule has 2 rings (SSSR count). The van der Waals surface area contributed by atoms with Gasteiger partial charge in [0.1, 0.15) is 16.1 Å². The number of benzene rings is 2. The average molecular weight is 591 g/mol. The van der Waals surface area contributed by atoms with E-state index in [0.717, 1.165) is 41.7 Å². The maximum Gasteiger partial charge on any atom is 0.373 e. The smallest absolute Gasteiger partial charge is 0.289 e. The zero-order valence-electron chi connectivity index (χ0n) is 24.4. The monoisotopic (exact) mass is 590 g/mol. The number of hydrogen-bond donors (Lipinski definition) is 0. The van der Waals surface area contributed by atoms with Gasteiger partial charge < -0.3 is 0 Å². The molecule has 0 heterocycles. The van der Waals surface area contributed by atoms with E-state index >= 15 is 0 Å². The summed E-state index contributed by atoms with van der Waals surface area (Å²) in [5.74, 6) is -1.40. The summed E-state index contributed by atoms with van der Waals surface area (Å²) in [6.45, 7) is 24.0. The van der Waals surface area contributed by atoms with Crippen LogP contribution < -0.4 is 10.4 Å². The van der Waals surface area contributed by atoms with Crippen molar-refractivity contribution in [1.29, 1.82) is 0 Å². The van der Waals surface area contributed by atoms with Gasteiger partial charge in [-0.25, -0.2) is 9.59 Å². The second-order valence-corrected chi connectivity index (χ2v) is 18.1. The van der Waals surface area contributed by atoms with Crippen molar-refractivity contribution in [3.63, 3.8) is 0 Å². The first kappa shape index (κ1) is 33.9. The molecule has 0 spiro atoms. The molecule has 2 radical (unpaired) electrons. The highest BCUT2D eigenvalue weighted by molar-refractivity contribution is 7.00. The molecular formula is C33H42O6Si2. The topological polar surface area (TPSA) is 71.1 Å². The number of hydrogen-bond acceptors (Lipinski definition) is 6. The molecular weight excluding hydrogens is 549 g/mol. The van der Waals surface area contributed by atoms with E-state index in [1.54, 1.807) is 24.3 Å². The zero-order valence-corrected chi connectivity index (χ0v) is 26.4. The maximum atomic E-state index is 12.7. The van der Waals surface area contributed by atoms with Gasteiger partial charge in [-0.2, -0.15) is 0 Å². The highest BCUT2D eigenvalue weighted by atomic mass is 28.3. The van der Waals surface area contributed by atoms with E-state index in [9.17, 15) is 9.59 Å². The predicted octanol–water partition coefficient (Wildman–Crippen LogP) is 7.09. The lowest BCUT2D eigenvalue weighted by Gasteiger charge is -2.23. The van der Waals surface area contributed by atoms with Crippen molar-refractivity contribution in [1.82, 2.24) is 0 Å². The van der Waals surface area contributed by atoms with Crippen LogP contribution in [0.1, 0.15) is 66.7 Å². The van der Waals surface area contributed by atoms with Gasteiger partial charge in [-0.3, -0.25) is 9.78 Å². The Hall–Kier alpha value is -3.31. The van der Waals surface area contributed by atoms with Gasteiger partial charge in [0.2, 0.25) is 0 Å². The summed E-state index contributed by atoms with van der Waals surface area (Å²) in [4.78, 5) is 45.8. The fraction of sp³-hybridized carbons (Fsp3) is 0.273. The van der Waals surface area contributed by atoms with E-state index in [-0.39, 0.29) is 12.7 Å². The van der Waals surface area contributed by atoms with Crippen LogP contribution in [-0.2, 0) is 19.6 Å². The van der Waals surface area contributed by atoms with Crippen LogP contribution in [-0.4, -0.2) is 28.1 Å². The molecule has 8 heteroatoms. The molecule has 0 aromatic heterocycles. The van der Waals surface area contributed by atoms with E-state index in [1.807, 2.05) is 47.1 Å². The summed E-state index contributed by atoms with van der Waals surface area (Å²) < 4.78 is 0. The number of carbonyl (C=O) groups excluding carboxylic acids is 2. The van der Waals surface area contributed by atoms with Gasteiger partial charge in [0.25, 0.3) is 0 Å². The molecule has 2 aromatic rings. The Balaban J connectivity index is 2.04. The molecule has 0 fully saturated rings. The lowest BCUT2D eigenvalue weighted by molar-refractivity contribution is -0.363. The Morgan fingerprint density at radius 1 is 0.634 bits per heavy atom.